The molecule has 2 aromatic carbocycles. The standard InChI is InChI=1S/C25H26F3N/c1-2-3-4-17-5-8-19(9-6-17)21-12-11-20(23(26)15-21)10-7-18-13-24(27)22(16-29)25(28)14-18/h2,11-15,17,19H,1,3-10H2. The van der Waals surface area contributed by atoms with Crippen LogP contribution in [0.3, 0.4) is 0 Å². The van der Waals surface area contributed by atoms with Crippen LogP contribution in [0, 0.1) is 34.7 Å². The van der Waals surface area contributed by atoms with Gasteiger partial charge in [0.05, 0.1) is 0 Å². The zero-order valence-corrected chi connectivity index (χ0v) is 16.6. The number of allylic oxidation sites excluding steroid dienone is 1. The second-order valence-electron chi connectivity index (χ2n) is 7.98. The van der Waals surface area contributed by atoms with Gasteiger partial charge in [0.25, 0.3) is 0 Å². The summed E-state index contributed by atoms with van der Waals surface area (Å²) in [7, 11) is 0. The molecule has 1 aliphatic rings. The summed E-state index contributed by atoms with van der Waals surface area (Å²) in [6, 6.07) is 9.23. The molecular weight excluding hydrogens is 371 g/mol. The molecule has 0 unspecified atom stereocenters. The molecule has 0 heterocycles. The smallest absolute Gasteiger partial charge is 0.144 e. The molecule has 0 amide bonds. The van der Waals surface area contributed by atoms with Crippen LogP contribution in [0.15, 0.2) is 43.0 Å². The fraction of sp³-hybridized carbons (Fsp3) is 0.400. The molecule has 0 atom stereocenters. The highest BCUT2D eigenvalue weighted by Crippen LogP contribution is 2.38. The number of benzene rings is 2. The van der Waals surface area contributed by atoms with Crippen molar-refractivity contribution in [2.75, 3.05) is 0 Å². The van der Waals surface area contributed by atoms with Gasteiger partial charge in [-0.15, -0.1) is 6.58 Å². The first-order valence-electron chi connectivity index (χ1n) is 10.3. The van der Waals surface area contributed by atoms with Crippen molar-refractivity contribution in [3.05, 3.63) is 82.7 Å². The molecule has 1 saturated carbocycles. The van der Waals surface area contributed by atoms with Crippen LogP contribution in [-0.4, -0.2) is 0 Å². The largest absolute Gasteiger partial charge is 0.207 e. The van der Waals surface area contributed by atoms with E-state index in [9.17, 15) is 13.2 Å². The van der Waals surface area contributed by atoms with Gasteiger partial charge in [-0.25, -0.2) is 13.2 Å². The second-order valence-corrected chi connectivity index (χ2v) is 7.98. The SMILES string of the molecule is C=CCCC1CCC(c2ccc(CCc3cc(F)c(C#N)c(F)c3)c(F)c2)CC1. The lowest BCUT2D eigenvalue weighted by atomic mass is 9.77. The Labute approximate surface area is 170 Å². The van der Waals surface area contributed by atoms with E-state index < -0.39 is 17.2 Å². The van der Waals surface area contributed by atoms with Gasteiger partial charge >= 0.3 is 0 Å². The molecule has 3 rings (SSSR count). The predicted molar refractivity (Wildman–Crippen MR) is 109 cm³/mol. The minimum atomic E-state index is -0.873. The molecular formula is C25H26F3N. The molecule has 1 nitrogen and oxygen atoms in total. The molecule has 29 heavy (non-hydrogen) atoms. The maximum Gasteiger partial charge on any atom is 0.144 e. The number of aryl methyl sites for hydroxylation is 2. The molecule has 4 heteroatoms. The van der Waals surface area contributed by atoms with E-state index in [4.69, 9.17) is 5.26 Å². The van der Waals surface area contributed by atoms with E-state index in [0.29, 0.717) is 29.9 Å². The van der Waals surface area contributed by atoms with Crippen molar-refractivity contribution >= 4 is 0 Å². The van der Waals surface area contributed by atoms with Crippen molar-refractivity contribution < 1.29 is 13.2 Å². The van der Waals surface area contributed by atoms with Crippen LogP contribution >= 0.6 is 0 Å². The van der Waals surface area contributed by atoms with Gasteiger partial charge in [0, 0.05) is 0 Å². The van der Waals surface area contributed by atoms with Crippen LogP contribution in [0.1, 0.15) is 66.7 Å². The quantitative estimate of drug-likeness (QED) is 0.461. The molecule has 0 spiro atoms. The Morgan fingerprint density at radius 3 is 2.24 bits per heavy atom. The van der Waals surface area contributed by atoms with Crippen LogP contribution < -0.4 is 0 Å². The topological polar surface area (TPSA) is 23.8 Å². The van der Waals surface area contributed by atoms with Crippen molar-refractivity contribution in [2.24, 2.45) is 5.92 Å². The maximum atomic E-state index is 14.6. The fourth-order valence-corrected chi connectivity index (χ4v) is 4.31. The van der Waals surface area contributed by atoms with Gasteiger partial charge in [0.15, 0.2) is 0 Å². The van der Waals surface area contributed by atoms with E-state index in [1.165, 1.54) is 25.3 Å². The third-order valence-corrected chi connectivity index (χ3v) is 6.07. The molecule has 0 aromatic heterocycles. The van der Waals surface area contributed by atoms with Crippen molar-refractivity contribution in [2.45, 2.75) is 57.3 Å². The zero-order valence-electron chi connectivity index (χ0n) is 16.6. The Hall–Kier alpha value is -2.54. The van der Waals surface area contributed by atoms with Gasteiger partial charge in [-0.05, 0) is 98.1 Å². The molecule has 152 valence electrons. The average Bonchev–Trinajstić information content (AvgIpc) is 2.71. The van der Waals surface area contributed by atoms with Gasteiger partial charge in [-0.1, -0.05) is 18.2 Å². The zero-order chi connectivity index (χ0) is 20.8. The summed E-state index contributed by atoms with van der Waals surface area (Å²) in [5, 5.41) is 8.74. The van der Waals surface area contributed by atoms with Gasteiger partial charge < -0.3 is 0 Å². The Bertz CT molecular complexity index is 882. The highest BCUT2D eigenvalue weighted by Gasteiger charge is 2.22. The normalized spacial score (nSPS) is 19.0. The highest BCUT2D eigenvalue weighted by molar-refractivity contribution is 5.36. The minimum absolute atomic E-state index is 0.258. The molecule has 0 bridgehead atoms. The number of hydrogen-bond donors (Lipinski definition) is 0. The first-order valence-corrected chi connectivity index (χ1v) is 10.3. The van der Waals surface area contributed by atoms with Crippen LogP contribution in [0.4, 0.5) is 13.2 Å². The summed E-state index contributed by atoms with van der Waals surface area (Å²) in [6.45, 7) is 3.78. The monoisotopic (exact) mass is 397 g/mol. The minimum Gasteiger partial charge on any atom is -0.207 e. The Morgan fingerprint density at radius 2 is 1.66 bits per heavy atom. The average molecular weight is 397 g/mol. The lowest BCUT2D eigenvalue weighted by Gasteiger charge is -2.28. The molecule has 0 aliphatic heterocycles. The predicted octanol–water partition coefficient (Wildman–Crippen LogP) is 7.00. The molecule has 2 aromatic rings. The third-order valence-electron chi connectivity index (χ3n) is 6.07. The number of nitriles is 1. The number of halogens is 3. The molecule has 0 radical (unpaired) electrons. The highest BCUT2D eigenvalue weighted by atomic mass is 19.1. The van der Waals surface area contributed by atoms with Crippen LogP contribution in [0.2, 0.25) is 0 Å². The Balaban J connectivity index is 1.60. The number of nitrogens with zero attached hydrogens (tertiary/aromatic N) is 1. The summed E-state index contributed by atoms with van der Waals surface area (Å²) >= 11 is 0. The van der Waals surface area contributed by atoms with E-state index in [1.807, 2.05) is 12.1 Å². The third kappa shape index (κ3) is 5.29. The van der Waals surface area contributed by atoms with E-state index >= 15 is 0 Å². The van der Waals surface area contributed by atoms with Gasteiger partial charge in [-0.2, -0.15) is 5.26 Å². The summed E-state index contributed by atoms with van der Waals surface area (Å²) < 4.78 is 42.1. The first kappa shape index (κ1) is 21.2. The van der Waals surface area contributed by atoms with E-state index in [-0.39, 0.29) is 5.82 Å². The molecule has 1 fully saturated rings. The van der Waals surface area contributed by atoms with Crippen LogP contribution in [0.5, 0.6) is 0 Å². The van der Waals surface area contributed by atoms with Crippen molar-refractivity contribution in [1.29, 1.82) is 5.26 Å². The lowest BCUT2D eigenvalue weighted by Crippen LogP contribution is -2.13. The van der Waals surface area contributed by atoms with Gasteiger partial charge in [0.1, 0.15) is 29.1 Å². The molecule has 1 aliphatic carbocycles. The van der Waals surface area contributed by atoms with Crippen molar-refractivity contribution in [1.82, 2.24) is 0 Å². The Morgan fingerprint density at radius 1 is 0.966 bits per heavy atom. The summed E-state index contributed by atoms with van der Waals surface area (Å²) in [5.74, 6) is -0.850. The van der Waals surface area contributed by atoms with Crippen LogP contribution in [-0.2, 0) is 12.8 Å². The summed E-state index contributed by atoms with van der Waals surface area (Å²) in [6.07, 6.45) is 9.42. The van der Waals surface area contributed by atoms with Crippen LogP contribution in [0.25, 0.3) is 0 Å². The maximum absolute atomic E-state index is 14.6. The van der Waals surface area contributed by atoms with E-state index in [2.05, 4.69) is 6.58 Å². The molecule has 0 N–H and O–H groups in total. The van der Waals surface area contributed by atoms with E-state index in [1.54, 1.807) is 12.1 Å². The number of rotatable bonds is 7. The molecule has 0 saturated heterocycles. The lowest BCUT2D eigenvalue weighted by molar-refractivity contribution is 0.311. The second kappa shape index (κ2) is 9.78. The summed E-state index contributed by atoms with van der Waals surface area (Å²) in [5.41, 5.74) is 1.42. The summed E-state index contributed by atoms with van der Waals surface area (Å²) in [4.78, 5) is 0. The van der Waals surface area contributed by atoms with Gasteiger partial charge in [0.2, 0.25) is 0 Å². The fourth-order valence-electron chi connectivity index (χ4n) is 4.31. The number of hydrogen-bond acceptors (Lipinski definition) is 1. The first-order chi connectivity index (χ1) is 14.0. The van der Waals surface area contributed by atoms with Crippen molar-refractivity contribution in [3.8, 4) is 6.07 Å². The van der Waals surface area contributed by atoms with Crippen molar-refractivity contribution in [3.63, 3.8) is 0 Å². The van der Waals surface area contributed by atoms with E-state index in [0.717, 1.165) is 42.9 Å². The van der Waals surface area contributed by atoms with Gasteiger partial charge in [-0.3, -0.25) is 0 Å². The Kier molecular flexibility index (Phi) is 7.14.